The zero-order chi connectivity index (χ0) is 10.8. The Balaban J connectivity index is 2.39. The molecular weight excluding hydrogens is 256 g/mol. The number of benzene rings is 1. The van der Waals surface area contributed by atoms with Crippen molar-refractivity contribution in [2.75, 3.05) is 18.0 Å². The number of β-amino-alcohol motifs (C(OH)–C–C–N with tert-alkyl or cyclic N) is 1. The molecule has 1 fully saturated rings. The smallest absolute Gasteiger partial charge is 0.101 e. The van der Waals surface area contributed by atoms with E-state index in [4.69, 9.17) is 5.26 Å². The third-order valence-electron chi connectivity index (χ3n) is 2.59. The third kappa shape index (κ3) is 1.99. The molecule has 1 aromatic rings. The molecule has 1 saturated heterocycles. The summed E-state index contributed by atoms with van der Waals surface area (Å²) < 4.78 is 0.913. The summed E-state index contributed by atoms with van der Waals surface area (Å²) in [5.74, 6) is 0. The minimum Gasteiger partial charge on any atom is -0.391 e. The summed E-state index contributed by atoms with van der Waals surface area (Å²) in [6.07, 6.45) is 0.496. The summed E-state index contributed by atoms with van der Waals surface area (Å²) in [5.41, 5.74) is 1.55. The molecule has 15 heavy (non-hydrogen) atoms. The van der Waals surface area contributed by atoms with Gasteiger partial charge >= 0.3 is 0 Å². The summed E-state index contributed by atoms with van der Waals surface area (Å²) in [5, 5.41) is 18.5. The van der Waals surface area contributed by atoms with Gasteiger partial charge < -0.3 is 10.0 Å². The number of rotatable bonds is 1. The molecule has 0 aliphatic carbocycles. The second-order valence-corrected chi connectivity index (χ2v) is 4.49. The Morgan fingerprint density at radius 2 is 2.33 bits per heavy atom. The Labute approximate surface area is 97.1 Å². The number of para-hydroxylation sites is 1. The van der Waals surface area contributed by atoms with Crippen LogP contribution in [0.2, 0.25) is 0 Å². The molecule has 4 heteroatoms. The van der Waals surface area contributed by atoms with Crippen LogP contribution in [0.4, 0.5) is 5.69 Å². The van der Waals surface area contributed by atoms with Gasteiger partial charge in [-0.05, 0) is 34.5 Å². The average molecular weight is 267 g/mol. The lowest BCUT2D eigenvalue weighted by atomic mass is 10.2. The van der Waals surface area contributed by atoms with E-state index in [1.807, 2.05) is 17.0 Å². The van der Waals surface area contributed by atoms with E-state index in [-0.39, 0.29) is 6.10 Å². The number of hydrogen-bond acceptors (Lipinski definition) is 3. The molecule has 2 rings (SSSR count). The van der Waals surface area contributed by atoms with Gasteiger partial charge in [0.2, 0.25) is 0 Å². The zero-order valence-electron chi connectivity index (χ0n) is 8.15. The van der Waals surface area contributed by atoms with Crippen LogP contribution in [0.3, 0.4) is 0 Å². The first-order chi connectivity index (χ1) is 7.22. The van der Waals surface area contributed by atoms with Crippen LogP contribution in [0, 0.1) is 11.3 Å². The van der Waals surface area contributed by atoms with Gasteiger partial charge in [-0.15, -0.1) is 0 Å². The van der Waals surface area contributed by atoms with Gasteiger partial charge in [-0.2, -0.15) is 5.26 Å². The SMILES string of the molecule is N#Cc1cccc(Br)c1N1CCC(O)C1. The summed E-state index contributed by atoms with van der Waals surface area (Å²) in [6, 6.07) is 7.73. The number of aliphatic hydroxyl groups is 1. The molecule has 1 atom stereocenters. The van der Waals surface area contributed by atoms with E-state index < -0.39 is 0 Å². The molecule has 0 saturated carbocycles. The normalized spacial score (nSPS) is 20.3. The van der Waals surface area contributed by atoms with Crippen molar-refractivity contribution in [1.82, 2.24) is 0 Å². The molecule has 1 aliphatic rings. The maximum atomic E-state index is 9.48. The van der Waals surface area contributed by atoms with E-state index >= 15 is 0 Å². The number of anilines is 1. The Morgan fingerprint density at radius 1 is 1.53 bits per heavy atom. The van der Waals surface area contributed by atoms with Crippen molar-refractivity contribution in [2.45, 2.75) is 12.5 Å². The lowest BCUT2D eigenvalue weighted by molar-refractivity contribution is 0.198. The van der Waals surface area contributed by atoms with Gasteiger partial charge in [-0.25, -0.2) is 0 Å². The molecule has 0 amide bonds. The summed E-state index contributed by atoms with van der Waals surface area (Å²) in [6.45, 7) is 1.41. The van der Waals surface area contributed by atoms with Crippen molar-refractivity contribution in [3.8, 4) is 6.07 Å². The maximum Gasteiger partial charge on any atom is 0.101 e. The first-order valence-corrected chi connectivity index (χ1v) is 5.63. The topological polar surface area (TPSA) is 47.3 Å². The largest absolute Gasteiger partial charge is 0.391 e. The van der Waals surface area contributed by atoms with Crippen molar-refractivity contribution >= 4 is 21.6 Å². The van der Waals surface area contributed by atoms with Gasteiger partial charge in [0.25, 0.3) is 0 Å². The number of aliphatic hydroxyl groups excluding tert-OH is 1. The zero-order valence-corrected chi connectivity index (χ0v) is 9.74. The average Bonchev–Trinajstić information content (AvgIpc) is 2.64. The highest BCUT2D eigenvalue weighted by Gasteiger charge is 2.23. The number of nitriles is 1. The minimum atomic E-state index is -0.274. The highest BCUT2D eigenvalue weighted by atomic mass is 79.9. The lowest BCUT2D eigenvalue weighted by Gasteiger charge is -2.20. The van der Waals surface area contributed by atoms with Crippen molar-refractivity contribution in [3.05, 3.63) is 28.2 Å². The Hall–Kier alpha value is -1.05. The second-order valence-electron chi connectivity index (χ2n) is 3.64. The maximum absolute atomic E-state index is 9.48. The fraction of sp³-hybridized carbons (Fsp3) is 0.364. The number of halogens is 1. The third-order valence-corrected chi connectivity index (χ3v) is 3.23. The monoisotopic (exact) mass is 266 g/mol. The van der Waals surface area contributed by atoms with E-state index in [0.717, 1.165) is 23.1 Å². The van der Waals surface area contributed by atoms with Gasteiger partial charge in [0.05, 0.1) is 17.4 Å². The van der Waals surface area contributed by atoms with Gasteiger partial charge in [0, 0.05) is 17.6 Å². The summed E-state index contributed by atoms with van der Waals surface area (Å²) in [4.78, 5) is 2.05. The van der Waals surface area contributed by atoms with Gasteiger partial charge in [0.15, 0.2) is 0 Å². The highest BCUT2D eigenvalue weighted by Crippen LogP contribution is 2.32. The number of nitrogens with zero attached hydrogens (tertiary/aromatic N) is 2. The van der Waals surface area contributed by atoms with Gasteiger partial charge in [-0.1, -0.05) is 6.07 Å². The minimum absolute atomic E-state index is 0.274. The predicted octanol–water partition coefficient (Wildman–Crippen LogP) is 1.89. The molecule has 1 unspecified atom stereocenters. The van der Waals surface area contributed by atoms with Crippen LogP contribution in [0.1, 0.15) is 12.0 Å². The van der Waals surface area contributed by atoms with E-state index in [0.29, 0.717) is 12.1 Å². The van der Waals surface area contributed by atoms with Crippen molar-refractivity contribution < 1.29 is 5.11 Å². The van der Waals surface area contributed by atoms with Crippen LogP contribution in [-0.4, -0.2) is 24.3 Å². The van der Waals surface area contributed by atoms with Crippen molar-refractivity contribution in [3.63, 3.8) is 0 Å². The molecule has 1 aliphatic heterocycles. The van der Waals surface area contributed by atoms with Crippen LogP contribution >= 0.6 is 15.9 Å². The molecule has 0 bridgehead atoms. The first-order valence-electron chi connectivity index (χ1n) is 4.84. The molecule has 0 radical (unpaired) electrons. The van der Waals surface area contributed by atoms with E-state index in [1.165, 1.54) is 0 Å². The quantitative estimate of drug-likeness (QED) is 0.845. The molecule has 1 N–H and O–H groups in total. The molecule has 0 spiro atoms. The molecular formula is C11H11BrN2O. The van der Waals surface area contributed by atoms with Crippen molar-refractivity contribution in [1.29, 1.82) is 5.26 Å². The molecule has 3 nitrogen and oxygen atoms in total. The van der Waals surface area contributed by atoms with Crippen LogP contribution in [0.5, 0.6) is 0 Å². The van der Waals surface area contributed by atoms with Crippen LogP contribution in [0.25, 0.3) is 0 Å². The molecule has 1 heterocycles. The summed E-state index contributed by atoms with van der Waals surface area (Å²) >= 11 is 3.44. The van der Waals surface area contributed by atoms with Crippen LogP contribution < -0.4 is 4.90 Å². The molecule has 0 aromatic heterocycles. The molecule has 1 aromatic carbocycles. The van der Waals surface area contributed by atoms with Gasteiger partial charge in [0.1, 0.15) is 6.07 Å². The fourth-order valence-electron chi connectivity index (χ4n) is 1.87. The van der Waals surface area contributed by atoms with Crippen LogP contribution in [-0.2, 0) is 0 Å². The Bertz CT molecular complexity index is 414. The molecule has 78 valence electrons. The van der Waals surface area contributed by atoms with E-state index in [2.05, 4.69) is 22.0 Å². The Kier molecular flexibility index (Phi) is 2.94. The predicted molar refractivity (Wildman–Crippen MR) is 61.7 cm³/mol. The Morgan fingerprint density at radius 3 is 2.93 bits per heavy atom. The lowest BCUT2D eigenvalue weighted by Crippen LogP contribution is -2.22. The standard InChI is InChI=1S/C11H11BrN2O/c12-10-3-1-2-8(6-13)11(10)14-5-4-9(15)7-14/h1-3,9,15H,4-5,7H2. The van der Waals surface area contributed by atoms with Crippen LogP contribution in [0.15, 0.2) is 22.7 Å². The second kappa shape index (κ2) is 4.21. The van der Waals surface area contributed by atoms with Crippen molar-refractivity contribution in [2.24, 2.45) is 0 Å². The highest BCUT2D eigenvalue weighted by molar-refractivity contribution is 9.10. The van der Waals surface area contributed by atoms with E-state index in [1.54, 1.807) is 6.07 Å². The van der Waals surface area contributed by atoms with Gasteiger partial charge in [-0.3, -0.25) is 0 Å². The fourth-order valence-corrected chi connectivity index (χ4v) is 2.49. The number of hydrogen-bond donors (Lipinski definition) is 1. The first kappa shape index (κ1) is 10.5. The van der Waals surface area contributed by atoms with E-state index in [9.17, 15) is 5.11 Å². The summed E-state index contributed by atoms with van der Waals surface area (Å²) in [7, 11) is 0.